The molecule has 2 fully saturated rings. The van der Waals surface area contributed by atoms with Crippen molar-refractivity contribution in [1.29, 1.82) is 0 Å². The highest BCUT2D eigenvalue weighted by molar-refractivity contribution is 5.51. The van der Waals surface area contributed by atoms with Gasteiger partial charge in [0.25, 0.3) is 0 Å². The maximum atomic E-state index is 3.63. The van der Waals surface area contributed by atoms with Crippen LogP contribution >= 0.6 is 0 Å². The van der Waals surface area contributed by atoms with E-state index >= 15 is 0 Å². The van der Waals surface area contributed by atoms with Gasteiger partial charge in [0, 0.05) is 12.0 Å². The van der Waals surface area contributed by atoms with Gasteiger partial charge in [-0.15, -0.1) is 0 Å². The molecule has 1 nitrogen and oxygen atoms in total. The third-order valence-corrected chi connectivity index (χ3v) is 6.82. The second-order valence-corrected chi connectivity index (χ2v) is 7.46. The number of rotatable bonds is 0. The van der Waals surface area contributed by atoms with Crippen molar-refractivity contribution in [3.8, 4) is 0 Å². The van der Waals surface area contributed by atoms with Gasteiger partial charge in [0.2, 0.25) is 0 Å². The average molecular weight is 253 g/mol. The molecule has 19 heavy (non-hydrogen) atoms. The van der Waals surface area contributed by atoms with Crippen LogP contribution in [0.4, 0.5) is 0 Å². The molecule has 5 rings (SSSR count). The van der Waals surface area contributed by atoms with Gasteiger partial charge < -0.3 is 5.32 Å². The zero-order chi connectivity index (χ0) is 12.5. The number of fused-ring (bicyclic) bond motifs is 2. The van der Waals surface area contributed by atoms with Crippen LogP contribution in [0.1, 0.15) is 67.6 Å². The van der Waals surface area contributed by atoms with E-state index in [9.17, 15) is 0 Å². The van der Waals surface area contributed by atoms with Gasteiger partial charge in [0.05, 0.1) is 0 Å². The molecule has 2 spiro atoms. The molecule has 0 bridgehead atoms. The highest BCUT2D eigenvalue weighted by Gasteiger charge is 2.65. The molecule has 4 aliphatic rings. The van der Waals surface area contributed by atoms with E-state index in [2.05, 4.69) is 23.5 Å². The summed E-state index contributed by atoms with van der Waals surface area (Å²) in [5, 5.41) is 3.63. The second-order valence-electron chi connectivity index (χ2n) is 7.46. The Bertz CT molecular complexity index is 537. The Labute approximate surface area is 115 Å². The summed E-state index contributed by atoms with van der Waals surface area (Å²) >= 11 is 0. The van der Waals surface area contributed by atoms with E-state index in [4.69, 9.17) is 0 Å². The van der Waals surface area contributed by atoms with Crippen LogP contribution in [-0.2, 0) is 12.0 Å². The van der Waals surface area contributed by atoms with Gasteiger partial charge in [0.1, 0.15) is 0 Å². The molecule has 1 atom stereocenters. The molecule has 0 amide bonds. The molecule has 1 heteroatoms. The van der Waals surface area contributed by atoms with Gasteiger partial charge in [-0.25, -0.2) is 0 Å². The Morgan fingerprint density at radius 3 is 2.74 bits per heavy atom. The molecule has 1 N–H and O–H groups in total. The first-order chi connectivity index (χ1) is 9.35. The average Bonchev–Trinajstić information content (AvgIpc) is 3.17. The van der Waals surface area contributed by atoms with Crippen molar-refractivity contribution in [2.24, 2.45) is 5.41 Å². The van der Waals surface area contributed by atoms with Crippen molar-refractivity contribution in [2.75, 3.05) is 6.54 Å². The second kappa shape index (κ2) is 3.44. The fourth-order valence-corrected chi connectivity index (χ4v) is 5.68. The minimum absolute atomic E-state index is 0.622. The maximum Gasteiger partial charge on any atom is 0.0208 e. The molecule has 1 heterocycles. The molecule has 100 valence electrons. The molecular formula is C18H23N. The smallest absolute Gasteiger partial charge is 0.0208 e. The molecule has 1 aliphatic heterocycles. The van der Waals surface area contributed by atoms with Crippen LogP contribution in [0.3, 0.4) is 0 Å². The van der Waals surface area contributed by atoms with Crippen molar-refractivity contribution in [3.63, 3.8) is 0 Å². The first-order valence-corrected chi connectivity index (χ1v) is 8.18. The minimum atomic E-state index is 0.622. The first kappa shape index (κ1) is 10.9. The van der Waals surface area contributed by atoms with Crippen molar-refractivity contribution < 1.29 is 0 Å². The molecule has 0 radical (unpaired) electrons. The van der Waals surface area contributed by atoms with Crippen LogP contribution in [0.25, 0.3) is 0 Å². The number of hydrogen-bond acceptors (Lipinski definition) is 1. The lowest BCUT2D eigenvalue weighted by Gasteiger charge is -2.55. The number of benzene rings is 1. The van der Waals surface area contributed by atoms with E-state index in [1.807, 2.05) is 0 Å². The van der Waals surface area contributed by atoms with E-state index < -0.39 is 0 Å². The standard InChI is InChI=1S/C18H23N/c1-3-14-12-19-10-5-13-11-17(6-2-7-17)18(8-9-18)15(4-1)16(13)14/h1,3-4,13,19H,2,5-12H2. The molecule has 1 aromatic carbocycles. The van der Waals surface area contributed by atoms with Crippen LogP contribution in [0.2, 0.25) is 0 Å². The summed E-state index contributed by atoms with van der Waals surface area (Å²) in [5.41, 5.74) is 6.51. The summed E-state index contributed by atoms with van der Waals surface area (Å²) in [6.07, 6.45) is 10.3. The highest BCUT2D eigenvalue weighted by Crippen LogP contribution is 2.73. The molecule has 2 saturated carbocycles. The summed E-state index contributed by atoms with van der Waals surface area (Å²) < 4.78 is 0. The molecule has 3 aliphatic carbocycles. The first-order valence-electron chi connectivity index (χ1n) is 8.18. The quantitative estimate of drug-likeness (QED) is 0.740. The number of hydrogen-bond donors (Lipinski definition) is 1. The minimum Gasteiger partial charge on any atom is -0.313 e. The SMILES string of the molecule is c1cc2c3c(c1)C1(CC1)C1(CCC1)CC3CCNC2. The van der Waals surface area contributed by atoms with Crippen molar-refractivity contribution in [3.05, 3.63) is 34.9 Å². The van der Waals surface area contributed by atoms with Gasteiger partial charge in [-0.05, 0) is 73.1 Å². The third kappa shape index (κ3) is 1.21. The monoisotopic (exact) mass is 253 g/mol. The zero-order valence-corrected chi connectivity index (χ0v) is 11.7. The van der Waals surface area contributed by atoms with Crippen LogP contribution in [0.5, 0.6) is 0 Å². The van der Waals surface area contributed by atoms with Crippen molar-refractivity contribution in [1.82, 2.24) is 5.32 Å². The third-order valence-electron chi connectivity index (χ3n) is 6.82. The van der Waals surface area contributed by atoms with Crippen LogP contribution in [-0.4, -0.2) is 6.54 Å². The highest BCUT2D eigenvalue weighted by atomic mass is 14.9. The molecular weight excluding hydrogens is 230 g/mol. The summed E-state index contributed by atoms with van der Waals surface area (Å²) in [4.78, 5) is 0. The fraction of sp³-hybridized carbons (Fsp3) is 0.667. The van der Waals surface area contributed by atoms with Crippen molar-refractivity contribution >= 4 is 0 Å². The van der Waals surface area contributed by atoms with Crippen LogP contribution in [0.15, 0.2) is 18.2 Å². The summed E-state index contributed by atoms with van der Waals surface area (Å²) in [6, 6.07) is 7.19. The Balaban J connectivity index is 1.74. The molecule has 1 aromatic rings. The van der Waals surface area contributed by atoms with Gasteiger partial charge in [-0.3, -0.25) is 0 Å². The zero-order valence-electron chi connectivity index (χ0n) is 11.7. The lowest BCUT2D eigenvalue weighted by Crippen LogP contribution is -2.46. The predicted molar refractivity (Wildman–Crippen MR) is 77.3 cm³/mol. The van der Waals surface area contributed by atoms with E-state index in [0.29, 0.717) is 10.8 Å². The van der Waals surface area contributed by atoms with Gasteiger partial charge >= 0.3 is 0 Å². The Kier molecular flexibility index (Phi) is 1.97. The maximum absolute atomic E-state index is 3.63. The fourth-order valence-electron chi connectivity index (χ4n) is 5.68. The molecule has 0 aromatic heterocycles. The molecule has 0 saturated heterocycles. The van der Waals surface area contributed by atoms with Gasteiger partial charge in [0.15, 0.2) is 0 Å². The van der Waals surface area contributed by atoms with E-state index in [-0.39, 0.29) is 0 Å². The van der Waals surface area contributed by atoms with Crippen molar-refractivity contribution in [2.45, 2.75) is 62.8 Å². The lowest BCUT2D eigenvalue weighted by atomic mass is 9.49. The lowest BCUT2D eigenvalue weighted by molar-refractivity contribution is 0.0425. The number of nitrogens with one attached hydrogen (secondary N) is 1. The predicted octanol–water partition coefficient (Wildman–Crippen LogP) is 3.87. The topological polar surface area (TPSA) is 12.0 Å². The van der Waals surface area contributed by atoms with E-state index in [1.165, 1.54) is 51.5 Å². The van der Waals surface area contributed by atoms with Gasteiger partial charge in [-0.1, -0.05) is 24.6 Å². The summed E-state index contributed by atoms with van der Waals surface area (Å²) in [7, 11) is 0. The normalized spacial score (nSPS) is 32.5. The van der Waals surface area contributed by atoms with E-state index in [1.54, 1.807) is 16.7 Å². The van der Waals surface area contributed by atoms with E-state index in [0.717, 1.165) is 12.5 Å². The largest absolute Gasteiger partial charge is 0.313 e. The molecule has 1 unspecified atom stereocenters. The Hall–Kier alpha value is -0.820. The van der Waals surface area contributed by atoms with Gasteiger partial charge in [-0.2, -0.15) is 0 Å². The summed E-state index contributed by atoms with van der Waals surface area (Å²) in [5.74, 6) is 0.854. The van der Waals surface area contributed by atoms with Crippen LogP contribution in [0, 0.1) is 5.41 Å². The summed E-state index contributed by atoms with van der Waals surface area (Å²) in [6.45, 7) is 2.31. The van der Waals surface area contributed by atoms with Crippen LogP contribution < -0.4 is 5.32 Å². The Morgan fingerprint density at radius 1 is 1.11 bits per heavy atom. The Morgan fingerprint density at radius 2 is 2.00 bits per heavy atom.